The molecule has 0 aliphatic rings. The summed E-state index contributed by atoms with van der Waals surface area (Å²) in [6, 6.07) is 17.7. The molecule has 0 aliphatic carbocycles. The summed E-state index contributed by atoms with van der Waals surface area (Å²) in [7, 11) is -3.00. The topological polar surface area (TPSA) is 159 Å². The maximum atomic E-state index is 11.6. The van der Waals surface area contributed by atoms with Gasteiger partial charge in [-0.15, -0.1) is 15.3 Å². The van der Waals surface area contributed by atoms with Crippen LogP contribution in [-0.4, -0.2) is 25.2 Å². The molecule has 4 N–H and O–H groups in total. The average Bonchev–Trinajstić information content (AvgIpc) is 2.82. The maximum absolute atomic E-state index is 11.6. The summed E-state index contributed by atoms with van der Waals surface area (Å²) in [6.07, 6.45) is 0. The van der Waals surface area contributed by atoms with Crippen LogP contribution in [0.15, 0.2) is 92.1 Å². The first-order chi connectivity index (χ1) is 16.7. The number of hydrogen-bond donors (Lipinski definition) is 3. The molecule has 0 fully saturated rings. The molecule has 0 unspecified atom stereocenters. The highest BCUT2D eigenvalue weighted by atomic mass is 32.2. The van der Waals surface area contributed by atoms with Gasteiger partial charge in [0.2, 0.25) is 0 Å². The van der Waals surface area contributed by atoms with Crippen LogP contribution in [0.3, 0.4) is 0 Å². The molecule has 10 nitrogen and oxygen atoms in total. The maximum Gasteiger partial charge on any atom is 0.296 e. The Morgan fingerprint density at radius 1 is 0.829 bits per heavy atom. The van der Waals surface area contributed by atoms with Gasteiger partial charge in [0, 0.05) is 17.1 Å². The van der Waals surface area contributed by atoms with Crippen molar-refractivity contribution in [3.05, 3.63) is 72.3 Å². The van der Waals surface area contributed by atoms with E-state index in [1.54, 1.807) is 49.4 Å². The summed E-state index contributed by atoms with van der Waals surface area (Å²) in [5.41, 5.74) is 8.08. The van der Waals surface area contributed by atoms with Gasteiger partial charge in [-0.25, -0.2) is 0 Å². The summed E-state index contributed by atoms with van der Waals surface area (Å²) in [6.45, 7) is 1.76. The van der Waals surface area contributed by atoms with E-state index in [0.29, 0.717) is 33.8 Å². The van der Waals surface area contributed by atoms with Crippen LogP contribution in [0, 0.1) is 6.92 Å². The number of aryl methyl sites for hydroxylation is 1. The van der Waals surface area contributed by atoms with Gasteiger partial charge in [-0.2, -0.15) is 13.5 Å². The highest BCUT2D eigenvalue weighted by Crippen LogP contribution is 2.41. The molecule has 0 bridgehead atoms. The van der Waals surface area contributed by atoms with Crippen molar-refractivity contribution in [2.45, 2.75) is 11.8 Å². The lowest BCUT2D eigenvalue weighted by atomic mass is 10.1. The van der Waals surface area contributed by atoms with Crippen LogP contribution >= 0.6 is 0 Å². The molecule has 0 aliphatic heterocycles. The van der Waals surface area contributed by atoms with E-state index in [1.807, 2.05) is 6.07 Å². The summed E-state index contributed by atoms with van der Waals surface area (Å²) in [5, 5.41) is 28.4. The van der Waals surface area contributed by atoms with Crippen molar-refractivity contribution in [3.8, 4) is 11.5 Å². The first-order valence-electron chi connectivity index (χ1n) is 10.3. The monoisotopic (exact) mass is 491 g/mol. The molecule has 0 saturated carbocycles. The number of benzene rings is 4. The molecular weight excluding hydrogens is 470 g/mol. The summed E-state index contributed by atoms with van der Waals surface area (Å²) in [4.78, 5) is -0.352. The number of phenols is 1. The Hall–Kier alpha value is -4.35. The van der Waals surface area contributed by atoms with E-state index in [2.05, 4.69) is 20.5 Å². The zero-order valence-electron chi connectivity index (χ0n) is 18.7. The smallest absolute Gasteiger partial charge is 0.296 e. The third kappa shape index (κ3) is 4.95. The Bertz CT molecular complexity index is 1600. The summed E-state index contributed by atoms with van der Waals surface area (Å²) >= 11 is 0. The highest BCUT2D eigenvalue weighted by molar-refractivity contribution is 7.86. The first-order valence-corrected chi connectivity index (χ1v) is 11.7. The van der Waals surface area contributed by atoms with Gasteiger partial charge in [-0.1, -0.05) is 30.3 Å². The lowest BCUT2D eigenvalue weighted by molar-refractivity contribution is 0.416. The molecule has 0 heterocycles. The number of methoxy groups -OCH3 is 1. The average molecular weight is 492 g/mol. The van der Waals surface area contributed by atoms with Crippen LogP contribution in [0.25, 0.3) is 10.8 Å². The van der Waals surface area contributed by atoms with Crippen molar-refractivity contribution in [2.24, 2.45) is 20.5 Å². The van der Waals surface area contributed by atoms with Crippen molar-refractivity contribution < 1.29 is 22.8 Å². The van der Waals surface area contributed by atoms with Crippen LogP contribution in [0.1, 0.15) is 5.56 Å². The Morgan fingerprint density at radius 2 is 1.51 bits per heavy atom. The second-order valence-corrected chi connectivity index (χ2v) is 8.92. The van der Waals surface area contributed by atoms with E-state index in [0.717, 1.165) is 5.39 Å². The Kier molecular flexibility index (Phi) is 6.45. The van der Waals surface area contributed by atoms with Gasteiger partial charge in [-0.05, 0) is 48.2 Å². The second kappa shape index (κ2) is 9.49. The van der Waals surface area contributed by atoms with Crippen LogP contribution < -0.4 is 10.5 Å². The SMILES string of the molecule is COc1cc(N=Nc2ccccc2S(=O)(=O)O)c(C)cc1N=Nc1ccc2cccc(N)c2c1O. The molecule has 0 amide bonds. The molecule has 11 heteroatoms. The first kappa shape index (κ1) is 23.8. The lowest BCUT2D eigenvalue weighted by Crippen LogP contribution is -1.97. The molecule has 0 aromatic heterocycles. The van der Waals surface area contributed by atoms with Crippen molar-refractivity contribution in [1.82, 2.24) is 0 Å². The van der Waals surface area contributed by atoms with Crippen molar-refractivity contribution in [1.29, 1.82) is 0 Å². The van der Waals surface area contributed by atoms with Crippen LogP contribution in [0.5, 0.6) is 11.5 Å². The molecule has 0 saturated heterocycles. The summed E-state index contributed by atoms with van der Waals surface area (Å²) < 4.78 is 37.9. The fourth-order valence-corrected chi connectivity index (χ4v) is 4.07. The Morgan fingerprint density at radius 3 is 2.26 bits per heavy atom. The van der Waals surface area contributed by atoms with Gasteiger partial charge in [0.15, 0.2) is 5.75 Å². The van der Waals surface area contributed by atoms with Gasteiger partial charge < -0.3 is 15.6 Å². The number of phenolic OH excluding ortho intramolecular Hbond substituents is 1. The molecule has 178 valence electrons. The van der Waals surface area contributed by atoms with E-state index in [9.17, 15) is 18.1 Å². The number of aromatic hydroxyl groups is 1. The van der Waals surface area contributed by atoms with E-state index in [-0.39, 0.29) is 22.0 Å². The number of nitrogens with zero attached hydrogens (tertiary/aromatic N) is 4. The van der Waals surface area contributed by atoms with Crippen molar-refractivity contribution in [3.63, 3.8) is 0 Å². The number of anilines is 1. The van der Waals surface area contributed by atoms with Gasteiger partial charge >= 0.3 is 0 Å². The molecule has 0 radical (unpaired) electrons. The number of hydrogen-bond acceptors (Lipinski definition) is 9. The van der Waals surface area contributed by atoms with Crippen LogP contribution in [-0.2, 0) is 10.1 Å². The number of azo groups is 2. The summed E-state index contributed by atoms with van der Waals surface area (Å²) in [5.74, 6) is 0.249. The largest absolute Gasteiger partial charge is 0.505 e. The fraction of sp³-hybridized carbons (Fsp3) is 0.0833. The van der Waals surface area contributed by atoms with Gasteiger partial charge in [0.1, 0.15) is 27.7 Å². The van der Waals surface area contributed by atoms with Crippen molar-refractivity contribution >= 4 is 49.3 Å². The third-order valence-electron chi connectivity index (χ3n) is 5.20. The van der Waals surface area contributed by atoms with Crippen LogP contribution in [0.4, 0.5) is 28.4 Å². The molecule has 0 spiro atoms. The molecule has 0 atom stereocenters. The zero-order valence-corrected chi connectivity index (χ0v) is 19.6. The van der Waals surface area contributed by atoms with Crippen LogP contribution in [0.2, 0.25) is 0 Å². The van der Waals surface area contributed by atoms with E-state index >= 15 is 0 Å². The van der Waals surface area contributed by atoms with Gasteiger partial charge in [0.05, 0.1) is 12.8 Å². The highest BCUT2D eigenvalue weighted by Gasteiger charge is 2.15. The number of ether oxygens (including phenoxy) is 1. The fourth-order valence-electron chi connectivity index (χ4n) is 3.44. The van der Waals surface area contributed by atoms with Gasteiger partial charge in [0.25, 0.3) is 10.1 Å². The number of fused-ring (bicyclic) bond motifs is 1. The molecule has 4 aromatic carbocycles. The molecule has 35 heavy (non-hydrogen) atoms. The number of nitrogens with two attached hydrogens (primary N) is 1. The minimum absolute atomic E-state index is 0.0109. The third-order valence-corrected chi connectivity index (χ3v) is 6.10. The Balaban J connectivity index is 1.69. The van der Waals surface area contributed by atoms with E-state index in [4.69, 9.17) is 10.5 Å². The van der Waals surface area contributed by atoms with E-state index in [1.165, 1.54) is 25.3 Å². The molecule has 4 rings (SSSR count). The quantitative estimate of drug-likeness (QED) is 0.158. The minimum Gasteiger partial charge on any atom is -0.505 e. The minimum atomic E-state index is -4.46. The normalized spacial score (nSPS) is 12.1. The Labute approximate surface area is 201 Å². The van der Waals surface area contributed by atoms with Gasteiger partial charge in [-0.3, -0.25) is 4.55 Å². The molecular formula is C24H21N5O5S. The molecule has 4 aromatic rings. The van der Waals surface area contributed by atoms with Crippen molar-refractivity contribution in [2.75, 3.05) is 12.8 Å². The van der Waals surface area contributed by atoms with E-state index < -0.39 is 10.1 Å². The predicted molar refractivity (Wildman–Crippen MR) is 132 cm³/mol. The zero-order chi connectivity index (χ0) is 25.2. The predicted octanol–water partition coefficient (Wildman–Crippen LogP) is 6.52. The number of nitrogen functional groups attached to an aromatic ring is 1. The number of rotatable bonds is 6. The second-order valence-electron chi connectivity index (χ2n) is 7.53. The lowest BCUT2D eigenvalue weighted by Gasteiger charge is -2.08. The standard InChI is InChI=1S/C24H21N5O5S/c1-14-12-20(29-27-18-11-10-15-6-5-7-16(25)23(15)24(18)30)21(34-2)13-19(14)28-26-17-8-3-4-9-22(17)35(31,32)33/h3-13,30H,25H2,1-2H3,(H,31,32,33).